The van der Waals surface area contributed by atoms with Crippen molar-refractivity contribution in [2.75, 3.05) is 0 Å². The summed E-state index contributed by atoms with van der Waals surface area (Å²) in [6.07, 6.45) is 24.2. The van der Waals surface area contributed by atoms with Crippen molar-refractivity contribution in [1.29, 1.82) is 0 Å². The molecule has 0 N–H and O–H groups in total. The van der Waals surface area contributed by atoms with E-state index in [4.69, 9.17) is 0 Å². The molecule has 3 aliphatic rings. The van der Waals surface area contributed by atoms with Crippen LogP contribution in [0.2, 0.25) is 11.8 Å². The molecule has 3 aliphatic carbocycles. The third-order valence-electron chi connectivity index (χ3n) is 6.23. The Morgan fingerprint density at radius 2 is 0.650 bits per heavy atom. The standard InChI is InChI=1S/3C6H11.HI.Sn/c3*1-2-4-6-5-3-1;;/h3*1H,2-6H2;1H;. The van der Waals surface area contributed by atoms with Crippen LogP contribution >= 0.6 is 24.0 Å². The monoisotopic (exact) mass is 497 g/mol. The minimum Gasteiger partial charge on any atom is -0.107 e. The third-order valence-corrected chi connectivity index (χ3v) is 19.2. The molecule has 0 aliphatic heterocycles. The Hall–Kier alpha value is 1.53. The van der Waals surface area contributed by atoms with Gasteiger partial charge in [0, 0.05) is 0 Å². The molecule has 0 heterocycles. The van der Waals surface area contributed by atoms with Gasteiger partial charge in [-0.3, -0.25) is 0 Å². The average molecular weight is 496 g/mol. The maximum absolute atomic E-state index is 1.67. The quantitative estimate of drug-likeness (QED) is 0.289. The SMILES string of the molecule is C1CC[CH]([Sn]([CH]2CCCCC2)[CH]2CCCCC2)CC1.I. The van der Waals surface area contributed by atoms with Crippen molar-refractivity contribution in [3.8, 4) is 0 Å². The van der Waals surface area contributed by atoms with Crippen LogP contribution < -0.4 is 0 Å². The molecule has 3 saturated carbocycles. The van der Waals surface area contributed by atoms with Gasteiger partial charge in [0.05, 0.1) is 0 Å². The molecule has 0 amide bonds. The van der Waals surface area contributed by atoms with E-state index in [9.17, 15) is 0 Å². The molecule has 3 rings (SSSR count). The normalized spacial score (nSPS) is 27.4. The number of halogens is 1. The van der Waals surface area contributed by atoms with Crippen molar-refractivity contribution in [1.82, 2.24) is 0 Å². The summed E-state index contributed by atoms with van der Waals surface area (Å²) in [6, 6.07) is 0. The van der Waals surface area contributed by atoms with Crippen LogP contribution in [0.25, 0.3) is 0 Å². The van der Waals surface area contributed by atoms with Crippen molar-refractivity contribution >= 4 is 43.7 Å². The summed E-state index contributed by atoms with van der Waals surface area (Å²) in [6.45, 7) is 0. The van der Waals surface area contributed by atoms with E-state index in [1.807, 2.05) is 0 Å². The Kier molecular flexibility index (Phi) is 8.60. The van der Waals surface area contributed by atoms with Gasteiger partial charge in [-0.05, 0) is 0 Å². The number of hydrogen-bond acceptors (Lipinski definition) is 0. The molecule has 0 unspecified atom stereocenters. The molecule has 117 valence electrons. The molecule has 0 bridgehead atoms. The molecular weight excluding hydrogens is 462 g/mol. The molecule has 3 fully saturated rings. The summed E-state index contributed by atoms with van der Waals surface area (Å²) >= 11 is -1.15. The third kappa shape index (κ3) is 4.76. The second-order valence-corrected chi connectivity index (χ2v) is 17.3. The predicted octanol–water partition coefficient (Wildman–Crippen LogP) is 7.10. The van der Waals surface area contributed by atoms with Gasteiger partial charge in [0.25, 0.3) is 0 Å². The van der Waals surface area contributed by atoms with E-state index in [1.54, 1.807) is 96.3 Å². The molecule has 1 radical (unpaired) electrons. The first-order chi connectivity index (χ1) is 9.45. The van der Waals surface area contributed by atoms with Gasteiger partial charge in [-0.25, -0.2) is 0 Å². The number of rotatable bonds is 3. The van der Waals surface area contributed by atoms with Crippen molar-refractivity contribution in [3.05, 3.63) is 0 Å². The Morgan fingerprint density at radius 3 is 0.900 bits per heavy atom. The van der Waals surface area contributed by atoms with Crippen LogP contribution in [0.1, 0.15) is 96.3 Å². The smallest absolute Gasteiger partial charge is 0.107 e. The van der Waals surface area contributed by atoms with Crippen LogP contribution in [0.15, 0.2) is 0 Å². The average Bonchev–Trinajstić information content (AvgIpc) is 2.51. The predicted molar refractivity (Wildman–Crippen MR) is 102 cm³/mol. The van der Waals surface area contributed by atoms with E-state index >= 15 is 0 Å². The molecule has 0 aromatic carbocycles. The summed E-state index contributed by atoms with van der Waals surface area (Å²) in [5.41, 5.74) is 0. The number of hydrogen-bond donors (Lipinski definition) is 0. The van der Waals surface area contributed by atoms with Gasteiger partial charge >= 0.3 is 128 Å². The molecule has 0 saturated heterocycles. The molecule has 0 aromatic heterocycles. The summed E-state index contributed by atoms with van der Waals surface area (Å²) in [5, 5.41) is 0. The second-order valence-electron chi connectivity index (χ2n) is 7.50. The molecule has 2 heteroatoms. The Labute approximate surface area is 151 Å². The largest absolute Gasteiger partial charge is 0.107 e. The molecule has 0 aromatic rings. The molecule has 0 atom stereocenters. The minimum absolute atomic E-state index is 0. The van der Waals surface area contributed by atoms with E-state index in [-0.39, 0.29) is 24.0 Å². The Balaban J connectivity index is 0.00000147. The second kappa shape index (κ2) is 9.62. The summed E-state index contributed by atoms with van der Waals surface area (Å²) < 4.78 is 3.96. The topological polar surface area (TPSA) is 0 Å². The first-order valence-corrected chi connectivity index (χ1v) is 14.3. The van der Waals surface area contributed by atoms with Crippen LogP contribution in [0.4, 0.5) is 0 Å². The summed E-state index contributed by atoms with van der Waals surface area (Å²) in [7, 11) is 0. The van der Waals surface area contributed by atoms with E-state index in [0.717, 1.165) is 0 Å². The minimum atomic E-state index is -1.15. The van der Waals surface area contributed by atoms with Crippen LogP contribution in [0, 0.1) is 0 Å². The van der Waals surface area contributed by atoms with Crippen molar-refractivity contribution in [3.63, 3.8) is 0 Å². The Morgan fingerprint density at radius 1 is 0.400 bits per heavy atom. The van der Waals surface area contributed by atoms with Crippen LogP contribution in [0.5, 0.6) is 0 Å². The fourth-order valence-corrected chi connectivity index (χ4v) is 20.2. The fourth-order valence-electron chi connectivity index (χ4n) is 5.31. The first kappa shape index (κ1) is 17.9. The van der Waals surface area contributed by atoms with Gasteiger partial charge in [-0.15, -0.1) is 24.0 Å². The zero-order valence-corrected chi connectivity index (χ0v) is 18.4. The van der Waals surface area contributed by atoms with Gasteiger partial charge in [0.1, 0.15) is 0 Å². The molecular formula is C18H34ISn. The van der Waals surface area contributed by atoms with Gasteiger partial charge in [0.15, 0.2) is 0 Å². The van der Waals surface area contributed by atoms with Crippen LogP contribution in [0.3, 0.4) is 0 Å². The van der Waals surface area contributed by atoms with Gasteiger partial charge in [0.2, 0.25) is 0 Å². The van der Waals surface area contributed by atoms with Crippen LogP contribution in [-0.2, 0) is 0 Å². The fraction of sp³-hybridized carbons (Fsp3) is 1.00. The molecule has 0 spiro atoms. The van der Waals surface area contributed by atoms with Crippen molar-refractivity contribution in [2.45, 2.75) is 108 Å². The molecule has 20 heavy (non-hydrogen) atoms. The van der Waals surface area contributed by atoms with Gasteiger partial charge in [-0.1, -0.05) is 0 Å². The Bertz CT molecular complexity index is 207. The van der Waals surface area contributed by atoms with Crippen molar-refractivity contribution in [2.24, 2.45) is 0 Å². The summed E-state index contributed by atoms with van der Waals surface area (Å²) in [5.74, 6) is 0. The van der Waals surface area contributed by atoms with Crippen molar-refractivity contribution < 1.29 is 0 Å². The van der Waals surface area contributed by atoms with E-state index < -0.39 is 19.8 Å². The van der Waals surface area contributed by atoms with E-state index in [2.05, 4.69) is 0 Å². The summed E-state index contributed by atoms with van der Waals surface area (Å²) in [4.78, 5) is 0. The van der Waals surface area contributed by atoms with Gasteiger partial charge < -0.3 is 0 Å². The zero-order valence-electron chi connectivity index (χ0n) is 13.2. The maximum atomic E-state index is 1.67. The van der Waals surface area contributed by atoms with E-state index in [0.29, 0.717) is 0 Å². The molecule has 0 nitrogen and oxygen atoms in total. The zero-order chi connectivity index (χ0) is 12.9. The van der Waals surface area contributed by atoms with Crippen LogP contribution in [-0.4, -0.2) is 19.8 Å². The maximum Gasteiger partial charge on any atom is -0.107 e. The first-order valence-electron chi connectivity index (χ1n) is 9.32. The van der Waals surface area contributed by atoms with E-state index in [1.165, 1.54) is 11.8 Å². The van der Waals surface area contributed by atoms with Gasteiger partial charge in [-0.2, -0.15) is 0 Å².